The summed E-state index contributed by atoms with van der Waals surface area (Å²) in [4.78, 5) is -0.371. The van der Waals surface area contributed by atoms with Crippen LogP contribution in [0.15, 0.2) is 47.4 Å². The van der Waals surface area contributed by atoms with Crippen molar-refractivity contribution in [1.29, 1.82) is 0 Å². The number of unbranched alkanes of at least 4 members (excludes halogenated alkanes) is 6. The molecule has 28 heavy (non-hydrogen) atoms. The monoisotopic (exact) mass is 414 g/mol. The van der Waals surface area contributed by atoms with Crippen LogP contribution in [0, 0.1) is 0 Å². The zero-order valence-electron chi connectivity index (χ0n) is 16.7. The minimum atomic E-state index is -4.50. The molecule has 0 spiro atoms. The second-order valence-corrected chi connectivity index (χ2v) is 8.02. The van der Waals surface area contributed by atoms with Crippen LogP contribution in [0.3, 0.4) is 0 Å². The molecule has 0 bridgehead atoms. The minimum Gasteiger partial charge on any atom is -0.872 e. The topological polar surface area (TPSA) is 86.7 Å². The van der Waals surface area contributed by atoms with E-state index in [0.29, 0.717) is 17.7 Å². The Morgan fingerprint density at radius 3 is 2.14 bits per heavy atom. The predicted octanol–water partition coefficient (Wildman–Crippen LogP) is 2.10. The van der Waals surface area contributed by atoms with Crippen molar-refractivity contribution in [2.45, 2.75) is 63.2 Å². The van der Waals surface area contributed by atoms with Crippen molar-refractivity contribution < 1.29 is 52.4 Å². The van der Waals surface area contributed by atoms with Crippen LogP contribution in [0.2, 0.25) is 0 Å². The molecule has 2 aromatic carbocycles. The van der Waals surface area contributed by atoms with Crippen molar-refractivity contribution in [1.82, 2.24) is 0 Å². The molecule has 2 aromatic rings. The molecule has 0 unspecified atom stereocenters. The summed E-state index contributed by atoms with van der Waals surface area (Å²) in [7, 11) is -4.50. The van der Waals surface area contributed by atoms with Crippen molar-refractivity contribution in [2.75, 3.05) is 0 Å². The molecule has 0 amide bonds. The average Bonchev–Trinajstić information content (AvgIpc) is 2.63. The number of hydrogen-bond donors (Lipinski definition) is 1. The van der Waals surface area contributed by atoms with E-state index >= 15 is 0 Å². The molecule has 1 N–H and O–H groups in total. The van der Waals surface area contributed by atoms with Crippen molar-refractivity contribution in [3.05, 3.63) is 48.0 Å². The third-order valence-electron chi connectivity index (χ3n) is 4.45. The Hall–Kier alpha value is -1.05. The van der Waals surface area contributed by atoms with E-state index in [9.17, 15) is 18.1 Å². The quantitative estimate of drug-likeness (QED) is 0.346. The SMILES string of the molecule is CCCCCCCCCc1c([O-])ccc(S(=O)(=O)O)c1Oc1ccccc1.[Na+]. The molecule has 0 saturated carbocycles. The average molecular weight is 414 g/mol. The van der Waals surface area contributed by atoms with Crippen molar-refractivity contribution in [2.24, 2.45) is 0 Å². The molecule has 0 aliphatic heterocycles. The fourth-order valence-electron chi connectivity index (χ4n) is 3.01. The summed E-state index contributed by atoms with van der Waals surface area (Å²) in [6, 6.07) is 10.9. The molecule has 7 heteroatoms. The number of para-hydroxylation sites is 1. The van der Waals surface area contributed by atoms with Gasteiger partial charge in [0.25, 0.3) is 10.1 Å². The van der Waals surface area contributed by atoms with Crippen LogP contribution in [0.5, 0.6) is 17.2 Å². The molecule has 0 aromatic heterocycles. The van der Waals surface area contributed by atoms with Crippen LogP contribution in [0.25, 0.3) is 0 Å². The minimum absolute atomic E-state index is 0. The first kappa shape index (κ1) is 25.0. The summed E-state index contributed by atoms with van der Waals surface area (Å²) in [6.45, 7) is 2.17. The van der Waals surface area contributed by atoms with E-state index in [2.05, 4.69) is 6.92 Å². The molecule has 0 heterocycles. The van der Waals surface area contributed by atoms with Crippen LogP contribution < -0.4 is 39.4 Å². The van der Waals surface area contributed by atoms with Crippen molar-refractivity contribution >= 4 is 10.1 Å². The Morgan fingerprint density at radius 1 is 0.929 bits per heavy atom. The van der Waals surface area contributed by atoms with E-state index in [0.717, 1.165) is 31.7 Å². The largest absolute Gasteiger partial charge is 1.00 e. The molecule has 0 radical (unpaired) electrons. The Balaban J connectivity index is 0.00000392. The predicted molar refractivity (Wildman–Crippen MR) is 104 cm³/mol. The first-order chi connectivity index (χ1) is 12.9. The van der Waals surface area contributed by atoms with Crippen LogP contribution in [0.4, 0.5) is 0 Å². The first-order valence-electron chi connectivity index (χ1n) is 9.46. The molecule has 0 atom stereocenters. The van der Waals surface area contributed by atoms with Gasteiger partial charge in [0.15, 0.2) is 5.75 Å². The van der Waals surface area contributed by atoms with E-state index in [1.165, 1.54) is 25.3 Å². The van der Waals surface area contributed by atoms with Gasteiger partial charge in [-0.2, -0.15) is 8.42 Å². The van der Waals surface area contributed by atoms with Crippen LogP contribution >= 0.6 is 0 Å². The van der Waals surface area contributed by atoms with Crippen molar-refractivity contribution in [3.63, 3.8) is 0 Å². The number of rotatable bonds is 11. The number of benzene rings is 2. The normalized spacial score (nSPS) is 11.1. The zero-order chi connectivity index (χ0) is 19.7. The fourth-order valence-corrected chi connectivity index (χ4v) is 3.64. The third-order valence-corrected chi connectivity index (χ3v) is 5.33. The van der Waals surface area contributed by atoms with Crippen LogP contribution in [0.1, 0.15) is 57.4 Å². The smallest absolute Gasteiger partial charge is 0.872 e. The molecule has 2 rings (SSSR count). The summed E-state index contributed by atoms with van der Waals surface area (Å²) in [5, 5.41) is 12.4. The molecular formula is C21H27NaO5S. The number of hydrogen-bond acceptors (Lipinski definition) is 4. The Morgan fingerprint density at radius 2 is 1.54 bits per heavy atom. The van der Waals surface area contributed by atoms with Gasteiger partial charge < -0.3 is 9.84 Å². The van der Waals surface area contributed by atoms with E-state index in [1.807, 2.05) is 0 Å². The number of ether oxygens (including phenoxy) is 1. The van der Waals surface area contributed by atoms with E-state index in [-0.39, 0.29) is 46.0 Å². The van der Waals surface area contributed by atoms with Crippen molar-refractivity contribution in [3.8, 4) is 17.2 Å². The Bertz CT molecular complexity index is 822. The van der Waals surface area contributed by atoms with Gasteiger partial charge in [-0.15, -0.1) is 5.75 Å². The molecule has 0 fully saturated rings. The summed E-state index contributed by atoms with van der Waals surface area (Å²) in [6.07, 6.45) is 8.03. The van der Waals surface area contributed by atoms with Crippen LogP contribution in [-0.4, -0.2) is 13.0 Å². The van der Waals surface area contributed by atoms with Gasteiger partial charge in [-0.25, -0.2) is 0 Å². The maximum absolute atomic E-state index is 12.4. The third kappa shape index (κ3) is 7.76. The molecule has 5 nitrogen and oxygen atoms in total. The van der Waals surface area contributed by atoms with E-state index < -0.39 is 10.1 Å². The summed E-state index contributed by atoms with van der Waals surface area (Å²) in [5.74, 6) is 0.0651. The second kappa shape index (κ2) is 12.5. The molecule has 0 saturated heterocycles. The van der Waals surface area contributed by atoms with Gasteiger partial charge in [0, 0.05) is 0 Å². The summed E-state index contributed by atoms with van der Waals surface area (Å²) >= 11 is 0. The molecule has 148 valence electrons. The summed E-state index contributed by atoms with van der Waals surface area (Å²) < 4.78 is 38.8. The van der Waals surface area contributed by atoms with Gasteiger partial charge in [0.05, 0.1) is 0 Å². The Kier molecular flexibility index (Phi) is 11.2. The van der Waals surface area contributed by atoms with E-state index in [1.54, 1.807) is 30.3 Å². The van der Waals surface area contributed by atoms with Gasteiger partial charge >= 0.3 is 29.6 Å². The van der Waals surface area contributed by atoms with Gasteiger partial charge in [0.1, 0.15) is 10.6 Å². The van der Waals surface area contributed by atoms with E-state index in [4.69, 9.17) is 4.74 Å². The van der Waals surface area contributed by atoms with Gasteiger partial charge in [-0.3, -0.25) is 4.55 Å². The second-order valence-electron chi connectivity index (χ2n) is 6.63. The Labute approximate surface area is 190 Å². The summed E-state index contributed by atoms with van der Waals surface area (Å²) in [5.41, 5.74) is 0.294. The maximum Gasteiger partial charge on any atom is 1.00 e. The van der Waals surface area contributed by atoms with Gasteiger partial charge in [0.2, 0.25) is 0 Å². The van der Waals surface area contributed by atoms with Gasteiger partial charge in [-0.05, 0) is 36.6 Å². The maximum atomic E-state index is 12.4. The fraction of sp³-hybridized carbons (Fsp3) is 0.429. The molecular weight excluding hydrogens is 387 g/mol. The first-order valence-corrected chi connectivity index (χ1v) is 10.9. The van der Waals surface area contributed by atoms with Gasteiger partial charge in [-0.1, -0.05) is 69.7 Å². The van der Waals surface area contributed by atoms with Crippen LogP contribution in [-0.2, 0) is 16.5 Å². The standard InChI is InChI=1S/C21H28O5S.Na/c1-2-3-4-5-6-7-11-14-18-19(22)15-16-20(27(23,24)25)21(18)26-17-12-9-8-10-13-17;/h8-10,12-13,15-16,22H,2-7,11,14H2,1H3,(H,23,24,25);/q;+1/p-1. The zero-order valence-corrected chi connectivity index (χ0v) is 19.5. The molecule has 0 aliphatic carbocycles. The molecule has 0 aliphatic rings.